The Morgan fingerprint density at radius 2 is 1.85 bits per heavy atom. The Kier molecular flexibility index (Phi) is 25.9. The molecule has 0 rings (SSSR count). The Labute approximate surface area is 147 Å². The zero-order chi connectivity index (χ0) is 8.15. The second kappa shape index (κ2) is 13.9. The number of ether oxygens (including phenoxy) is 1. The first-order chi connectivity index (χ1) is 4.54. The van der Waals surface area contributed by atoms with Gasteiger partial charge in [0, 0.05) is 0 Å². The maximum absolute atomic E-state index is 10.4. The Morgan fingerprint density at radius 1 is 1.46 bits per heavy atom. The number of esters is 1. The number of hydrogen-bond donors (Lipinski definition) is 2. The smallest absolute Gasteiger partial charge is 1.00 e. The van der Waals surface area contributed by atoms with Crippen LogP contribution in [0.25, 0.3) is 0 Å². The number of carboxylic acids is 1. The summed E-state index contributed by atoms with van der Waals surface area (Å²) in [4.78, 5) is 20.2. The summed E-state index contributed by atoms with van der Waals surface area (Å²) in [6, 6.07) is -0.764. The van der Waals surface area contributed by atoms with Gasteiger partial charge in [-0.1, -0.05) is 0 Å². The summed E-state index contributed by atoms with van der Waals surface area (Å²) in [5, 5.41) is 8.03. The Hall–Kier alpha value is 1.90. The van der Waals surface area contributed by atoms with E-state index < -0.39 is 24.6 Å². The first-order valence-electron chi connectivity index (χ1n) is 2.68. The number of carbonyl (C=O) groups excluding carboxylic acids is 1. The number of carbonyl (C=O) groups is 2. The minimum absolute atomic E-state index is 0. The molecule has 0 aliphatic heterocycles. The fourth-order valence-electron chi connectivity index (χ4n) is 0.264. The van der Waals surface area contributed by atoms with Gasteiger partial charge in [0.05, 0.1) is 0 Å². The summed E-state index contributed by atoms with van der Waals surface area (Å²) in [6.45, 7) is 0.796. The number of rotatable bonds is 3. The maximum Gasteiger partial charge on any atom is 1.00 e. The molecule has 0 saturated heterocycles. The van der Waals surface area contributed by atoms with Gasteiger partial charge in [-0.05, 0) is 6.92 Å². The van der Waals surface area contributed by atoms with Crippen LogP contribution in [0.4, 0.5) is 0 Å². The number of carboxylic acid groups (broad SMARTS) is 1. The van der Waals surface area contributed by atoms with E-state index in [-0.39, 0.29) is 93.0 Å². The van der Waals surface area contributed by atoms with E-state index in [9.17, 15) is 9.59 Å². The summed E-state index contributed by atoms with van der Waals surface area (Å²) in [7, 11) is 0. The zero-order valence-corrected chi connectivity index (χ0v) is 14.5. The summed E-state index contributed by atoms with van der Waals surface area (Å²) in [5.41, 5.74) is 5.05. The molecular weight excluding hydrogens is 207 g/mol. The van der Waals surface area contributed by atoms with Gasteiger partial charge in [0.2, 0.25) is 0 Å². The molecular formula is C5H12NNa3O4. The fraction of sp³-hybridized carbons (Fsp3) is 0.600. The van der Waals surface area contributed by atoms with Gasteiger partial charge in [-0.3, -0.25) is 4.79 Å². The largest absolute Gasteiger partial charge is 1.00 e. The van der Waals surface area contributed by atoms with Gasteiger partial charge < -0.3 is 19.9 Å². The van der Waals surface area contributed by atoms with Crippen LogP contribution in [0.1, 0.15) is 11.2 Å². The third-order valence-corrected chi connectivity index (χ3v) is 0.710. The van der Waals surface area contributed by atoms with Gasteiger partial charge in [-0.2, -0.15) is 0 Å². The van der Waals surface area contributed by atoms with Crippen molar-refractivity contribution in [2.75, 3.05) is 6.61 Å². The molecule has 5 nitrogen and oxygen atoms in total. The summed E-state index contributed by atoms with van der Waals surface area (Å²) < 4.78 is 4.20. The average Bonchev–Trinajstić information content (AvgIpc) is 1.82. The molecule has 0 saturated carbocycles. The van der Waals surface area contributed by atoms with E-state index in [2.05, 4.69) is 4.74 Å². The molecule has 0 aliphatic carbocycles. The van der Waals surface area contributed by atoms with Crippen molar-refractivity contribution in [1.29, 1.82) is 0 Å². The molecule has 64 valence electrons. The Morgan fingerprint density at radius 3 is 2.08 bits per heavy atom. The van der Waals surface area contributed by atoms with Gasteiger partial charge >= 0.3 is 101 Å². The van der Waals surface area contributed by atoms with Crippen molar-refractivity contribution in [3.63, 3.8) is 0 Å². The molecule has 0 bridgehead atoms. The molecule has 3 N–H and O–H groups in total. The van der Waals surface area contributed by atoms with Crippen molar-refractivity contribution < 1.29 is 112 Å². The molecule has 13 heavy (non-hydrogen) atoms. The Balaban J connectivity index is -0.0000000270. The SMILES string of the molecule is C[C@H](N)C(=O)OCC(=O)O.[H-].[H-].[H-].[Na+].[Na+].[Na+]. The molecule has 0 amide bonds. The predicted molar refractivity (Wildman–Crippen MR) is 35.6 cm³/mol. The van der Waals surface area contributed by atoms with E-state index in [1.54, 1.807) is 0 Å². The third kappa shape index (κ3) is 16.6. The van der Waals surface area contributed by atoms with E-state index in [4.69, 9.17) is 10.8 Å². The van der Waals surface area contributed by atoms with Crippen molar-refractivity contribution in [2.45, 2.75) is 13.0 Å². The topological polar surface area (TPSA) is 89.6 Å². The molecule has 0 radical (unpaired) electrons. The van der Waals surface area contributed by atoms with Crippen molar-refractivity contribution in [1.82, 2.24) is 0 Å². The molecule has 0 aromatic heterocycles. The molecule has 0 heterocycles. The van der Waals surface area contributed by atoms with Crippen molar-refractivity contribution in [3.05, 3.63) is 0 Å². The minimum Gasteiger partial charge on any atom is -1.00 e. The molecule has 0 fully saturated rings. The van der Waals surface area contributed by atoms with E-state index in [0.29, 0.717) is 0 Å². The van der Waals surface area contributed by atoms with Gasteiger partial charge in [-0.25, -0.2) is 4.79 Å². The second-order valence-electron chi connectivity index (χ2n) is 1.79. The molecule has 0 aliphatic rings. The van der Waals surface area contributed by atoms with Crippen LogP contribution in [0.2, 0.25) is 0 Å². The normalized spacial score (nSPS) is 9.38. The molecule has 0 spiro atoms. The Bertz CT molecular complexity index is 164. The average molecular weight is 219 g/mol. The standard InChI is InChI=1S/C5H9NO4.3Na.3H/c1-3(6)5(9)10-2-4(7)8;;;;;;/h3H,2,6H2,1H3,(H,7,8);;;;;;/q;3*+1;3*-1/t3-;;;;;;/m0....../s1. The van der Waals surface area contributed by atoms with Crippen LogP contribution in [-0.2, 0) is 14.3 Å². The second-order valence-corrected chi connectivity index (χ2v) is 1.79. The number of aliphatic carboxylic acids is 1. The monoisotopic (exact) mass is 219 g/mol. The van der Waals surface area contributed by atoms with Gasteiger partial charge in [0.25, 0.3) is 0 Å². The number of hydrogen-bond acceptors (Lipinski definition) is 4. The van der Waals surface area contributed by atoms with E-state index in [1.165, 1.54) is 6.92 Å². The maximum atomic E-state index is 10.4. The summed E-state index contributed by atoms with van der Waals surface area (Å²) in [5.74, 6) is -1.89. The van der Waals surface area contributed by atoms with Crippen LogP contribution in [0.15, 0.2) is 0 Å². The van der Waals surface area contributed by atoms with Crippen LogP contribution < -0.4 is 94.4 Å². The predicted octanol–water partition coefficient (Wildman–Crippen LogP) is -9.69. The van der Waals surface area contributed by atoms with Crippen LogP contribution >= 0.6 is 0 Å². The van der Waals surface area contributed by atoms with Gasteiger partial charge in [-0.15, -0.1) is 0 Å². The van der Waals surface area contributed by atoms with Gasteiger partial charge in [0.1, 0.15) is 6.04 Å². The summed E-state index contributed by atoms with van der Waals surface area (Å²) in [6.07, 6.45) is 0. The molecule has 0 unspecified atom stereocenters. The van der Waals surface area contributed by atoms with Crippen molar-refractivity contribution in [2.24, 2.45) is 5.73 Å². The van der Waals surface area contributed by atoms with E-state index in [0.717, 1.165) is 0 Å². The van der Waals surface area contributed by atoms with Crippen LogP contribution in [0.3, 0.4) is 0 Å². The minimum atomic E-state index is -1.19. The van der Waals surface area contributed by atoms with E-state index in [1.807, 2.05) is 0 Å². The quantitative estimate of drug-likeness (QED) is 0.363. The van der Waals surface area contributed by atoms with Crippen LogP contribution in [0, 0.1) is 0 Å². The first-order valence-corrected chi connectivity index (χ1v) is 2.68. The number of nitrogens with two attached hydrogens (primary N) is 1. The molecule has 0 aromatic carbocycles. The van der Waals surface area contributed by atoms with Crippen molar-refractivity contribution >= 4 is 11.9 Å². The fourth-order valence-corrected chi connectivity index (χ4v) is 0.264. The van der Waals surface area contributed by atoms with Gasteiger partial charge in [0.15, 0.2) is 6.61 Å². The van der Waals surface area contributed by atoms with Crippen LogP contribution in [-0.4, -0.2) is 29.7 Å². The zero-order valence-electron chi connectivity index (χ0n) is 11.5. The van der Waals surface area contributed by atoms with E-state index >= 15 is 0 Å². The van der Waals surface area contributed by atoms with Crippen molar-refractivity contribution in [3.8, 4) is 0 Å². The molecule has 8 heteroatoms. The third-order valence-electron chi connectivity index (χ3n) is 0.710. The summed E-state index contributed by atoms with van der Waals surface area (Å²) >= 11 is 0. The first kappa shape index (κ1) is 24.2. The van der Waals surface area contributed by atoms with Crippen LogP contribution in [0.5, 0.6) is 0 Å². The molecule has 1 atom stereocenters. The molecule has 0 aromatic rings.